The molecule has 5 nitrogen and oxygen atoms in total. The van der Waals surface area contributed by atoms with Gasteiger partial charge in [0, 0.05) is 19.1 Å². The van der Waals surface area contributed by atoms with Crippen molar-refractivity contribution in [1.29, 1.82) is 0 Å². The molecule has 1 aliphatic heterocycles. The van der Waals surface area contributed by atoms with E-state index in [0.717, 1.165) is 17.5 Å². The van der Waals surface area contributed by atoms with Crippen molar-refractivity contribution in [3.05, 3.63) is 23.3 Å². The summed E-state index contributed by atoms with van der Waals surface area (Å²) in [5, 5.41) is 3.13. The Morgan fingerprint density at radius 3 is 2.52 bits per heavy atom. The summed E-state index contributed by atoms with van der Waals surface area (Å²) >= 11 is 0. The Morgan fingerprint density at radius 2 is 2.00 bits per heavy atom. The van der Waals surface area contributed by atoms with Crippen LogP contribution in [0.3, 0.4) is 0 Å². The Hall–Kier alpha value is -0.820. The molecule has 1 aliphatic rings. The summed E-state index contributed by atoms with van der Waals surface area (Å²) in [6.45, 7) is 4.82. The second-order valence-corrected chi connectivity index (χ2v) is 7.16. The fourth-order valence-corrected chi connectivity index (χ4v) is 4.50. The van der Waals surface area contributed by atoms with E-state index in [4.69, 9.17) is 4.74 Å². The van der Waals surface area contributed by atoms with E-state index < -0.39 is 10.0 Å². The van der Waals surface area contributed by atoms with Crippen molar-refractivity contribution in [3.8, 4) is 5.75 Å². The van der Waals surface area contributed by atoms with Crippen molar-refractivity contribution >= 4 is 22.4 Å². The summed E-state index contributed by atoms with van der Waals surface area (Å²) in [7, 11) is -0.131. The minimum atomic E-state index is -3.50. The molecule has 0 saturated carbocycles. The number of hydrogen-bond acceptors (Lipinski definition) is 4. The number of aryl methyl sites for hydroxylation is 2. The maximum Gasteiger partial charge on any atom is 0.246 e. The number of ether oxygens (including phenoxy) is 1. The van der Waals surface area contributed by atoms with Gasteiger partial charge in [0.05, 0.1) is 7.11 Å². The number of likely N-dealkylation sites (N-methyl/N-ethyl adjacent to an activating group) is 1. The number of sulfonamides is 1. The van der Waals surface area contributed by atoms with Crippen molar-refractivity contribution in [2.45, 2.75) is 31.2 Å². The van der Waals surface area contributed by atoms with E-state index in [2.05, 4.69) is 5.32 Å². The molecule has 0 bridgehead atoms. The van der Waals surface area contributed by atoms with Crippen LogP contribution in [0.2, 0.25) is 0 Å². The number of nitrogens with one attached hydrogen (secondary N) is 1. The van der Waals surface area contributed by atoms with Gasteiger partial charge in [-0.2, -0.15) is 4.31 Å². The number of nitrogens with zero attached hydrogens (tertiary/aromatic N) is 1. The molecule has 1 saturated heterocycles. The molecule has 0 aromatic heterocycles. The predicted octanol–water partition coefficient (Wildman–Crippen LogP) is 1.72. The van der Waals surface area contributed by atoms with Gasteiger partial charge in [-0.3, -0.25) is 0 Å². The van der Waals surface area contributed by atoms with Crippen LogP contribution in [0.5, 0.6) is 5.75 Å². The number of halogens is 1. The van der Waals surface area contributed by atoms with Crippen LogP contribution in [0.4, 0.5) is 0 Å². The number of rotatable bonds is 4. The zero-order chi connectivity index (χ0) is 14.9. The minimum Gasteiger partial charge on any atom is -0.495 e. The fraction of sp³-hybridized carbons (Fsp3) is 0.571. The van der Waals surface area contributed by atoms with Gasteiger partial charge in [0.25, 0.3) is 0 Å². The minimum absolute atomic E-state index is 0. The monoisotopic (exact) mass is 334 g/mol. The van der Waals surface area contributed by atoms with Gasteiger partial charge >= 0.3 is 0 Å². The third-order valence-corrected chi connectivity index (χ3v) is 5.64. The molecule has 1 atom stereocenters. The zero-order valence-electron chi connectivity index (χ0n) is 12.8. The lowest BCUT2D eigenvalue weighted by Gasteiger charge is -2.20. The highest BCUT2D eigenvalue weighted by molar-refractivity contribution is 7.89. The molecule has 2 rings (SSSR count). The van der Waals surface area contributed by atoms with Gasteiger partial charge in [-0.05, 0) is 44.5 Å². The Labute approximate surface area is 133 Å². The topological polar surface area (TPSA) is 58.6 Å². The fourth-order valence-electron chi connectivity index (χ4n) is 2.69. The molecule has 1 unspecified atom stereocenters. The Morgan fingerprint density at radius 1 is 1.33 bits per heavy atom. The Bertz CT molecular complexity index is 604. The first kappa shape index (κ1) is 18.2. The first-order valence-corrected chi connectivity index (χ1v) is 8.16. The van der Waals surface area contributed by atoms with Gasteiger partial charge in [0.15, 0.2) is 0 Å². The van der Waals surface area contributed by atoms with E-state index in [1.165, 1.54) is 11.4 Å². The average molecular weight is 335 g/mol. The van der Waals surface area contributed by atoms with Crippen molar-refractivity contribution in [2.75, 3.05) is 27.2 Å². The number of benzene rings is 1. The maximum absolute atomic E-state index is 12.8. The van der Waals surface area contributed by atoms with Crippen molar-refractivity contribution in [2.24, 2.45) is 0 Å². The number of hydrogen-bond donors (Lipinski definition) is 1. The van der Waals surface area contributed by atoms with Gasteiger partial charge in [-0.25, -0.2) is 8.42 Å². The van der Waals surface area contributed by atoms with Crippen molar-refractivity contribution in [3.63, 3.8) is 0 Å². The zero-order valence-corrected chi connectivity index (χ0v) is 14.5. The van der Waals surface area contributed by atoms with Crippen LogP contribution in [0.15, 0.2) is 17.0 Å². The molecule has 1 heterocycles. The van der Waals surface area contributed by atoms with Crippen LogP contribution in [-0.2, 0) is 10.0 Å². The lowest BCUT2D eigenvalue weighted by atomic mass is 10.1. The van der Waals surface area contributed by atoms with Crippen LogP contribution in [0.25, 0.3) is 0 Å². The average Bonchev–Trinajstić information content (AvgIpc) is 2.87. The smallest absolute Gasteiger partial charge is 0.246 e. The van der Waals surface area contributed by atoms with Crippen LogP contribution < -0.4 is 10.1 Å². The molecule has 21 heavy (non-hydrogen) atoms. The quantitative estimate of drug-likeness (QED) is 0.910. The highest BCUT2D eigenvalue weighted by Gasteiger charge is 2.34. The van der Waals surface area contributed by atoms with Crippen LogP contribution in [-0.4, -0.2) is 46.0 Å². The summed E-state index contributed by atoms with van der Waals surface area (Å²) in [6.07, 6.45) is 0.836. The molecule has 0 aliphatic carbocycles. The molecule has 7 heteroatoms. The predicted molar refractivity (Wildman–Crippen MR) is 85.9 cm³/mol. The van der Waals surface area contributed by atoms with Crippen molar-refractivity contribution in [1.82, 2.24) is 9.62 Å². The lowest BCUT2D eigenvalue weighted by molar-refractivity contribution is 0.394. The van der Waals surface area contributed by atoms with E-state index in [1.807, 2.05) is 27.0 Å². The second-order valence-electron chi connectivity index (χ2n) is 5.25. The molecule has 1 fully saturated rings. The molecule has 1 aromatic rings. The molecule has 1 N–H and O–H groups in total. The summed E-state index contributed by atoms with van der Waals surface area (Å²) in [5.74, 6) is 0.448. The molecule has 1 aromatic carbocycles. The lowest BCUT2D eigenvalue weighted by Crippen LogP contribution is -2.33. The van der Waals surface area contributed by atoms with Gasteiger partial charge in [0.1, 0.15) is 10.6 Å². The van der Waals surface area contributed by atoms with E-state index >= 15 is 0 Å². The number of methoxy groups -OCH3 is 1. The summed E-state index contributed by atoms with van der Waals surface area (Å²) in [4.78, 5) is 0.272. The van der Waals surface area contributed by atoms with E-state index in [0.29, 0.717) is 18.8 Å². The Balaban J connectivity index is 0.00000220. The molecule has 0 spiro atoms. The summed E-state index contributed by atoms with van der Waals surface area (Å²) in [6, 6.07) is 3.84. The summed E-state index contributed by atoms with van der Waals surface area (Å²) in [5.41, 5.74) is 1.77. The Kier molecular flexibility index (Phi) is 6.04. The molecule has 0 radical (unpaired) electrons. The SMILES string of the molecule is CNC1CCN(S(=O)(=O)c2cc(C)cc(C)c2OC)C1.Cl. The summed E-state index contributed by atoms with van der Waals surface area (Å²) < 4.78 is 32.4. The van der Waals surface area contributed by atoms with Gasteiger partial charge in [-0.15, -0.1) is 12.4 Å². The second kappa shape index (κ2) is 6.96. The van der Waals surface area contributed by atoms with Gasteiger partial charge < -0.3 is 10.1 Å². The van der Waals surface area contributed by atoms with Crippen molar-refractivity contribution < 1.29 is 13.2 Å². The molecular weight excluding hydrogens is 312 g/mol. The highest BCUT2D eigenvalue weighted by atomic mass is 35.5. The van der Waals surface area contributed by atoms with E-state index in [-0.39, 0.29) is 23.3 Å². The van der Waals surface area contributed by atoms with Gasteiger partial charge in [-0.1, -0.05) is 6.07 Å². The first-order chi connectivity index (χ1) is 9.40. The molecule has 120 valence electrons. The van der Waals surface area contributed by atoms with Crippen LogP contribution in [0, 0.1) is 13.8 Å². The largest absolute Gasteiger partial charge is 0.495 e. The van der Waals surface area contributed by atoms with Crippen LogP contribution in [0.1, 0.15) is 17.5 Å². The first-order valence-electron chi connectivity index (χ1n) is 6.72. The van der Waals surface area contributed by atoms with E-state index in [1.54, 1.807) is 6.07 Å². The third-order valence-electron chi connectivity index (χ3n) is 3.77. The molecular formula is C14H23ClN2O3S. The third kappa shape index (κ3) is 3.51. The van der Waals surface area contributed by atoms with E-state index in [9.17, 15) is 8.42 Å². The normalized spacial score (nSPS) is 19.3. The maximum atomic E-state index is 12.8. The highest BCUT2D eigenvalue weighted by Crippen LogP contribution is 2.32. The molecule has 0 amide bonds. The van der Waals surface area contributed by atoms with Gasteiger partial charge in [0.2, 0.25) is 10.0 Å². The standard InChI is InChI=1S/C14H22N2O3S.ClH/c1-10-7-11(2)14(19-4)13(8-10)20(17,18)16-6-5-12(9-16)15-3;/h7-8,12,15H,5-6,9H2,1-4H3;1H. The van der Waals surface area contributed by atoms with Crippen LogP contribution >= 0.6 is 12.4 Å².